The monoisotopic (exact) mass is 439 g/mol. The molecule has 9 heteroatoms. The van der Waals surface area contributed by atoms with Crippen LogP contribution in [0.4, 0.5) is 0 Å². The molecule has 2 heterocycles. The second-order valence-electron chi connectivity index (χ2n) is 6.96. The number of carbonyl (C=O) groups is 2. The van der Waals surface area contributed by atoms with Gasteiger partial charge < -0.3 is 0 Å². The maximum atomic E-state index is 13.9. The Kier molecular flexibility index (Phi) is 6.34. The highest BCUT2D eigenvalue weighted by atomic mass is 32.2. The van der Waals surface area contributed by atoms with Gasteiger partial charge in [0.25, 0.3) is 11.8 Å². The van der Waals surface area contributed by atoms with Crippen molar-refractivity contribution >= 4 is 35.3 Å². The smallest absolute Gasteiger partial charge is 0.270 e. The third-order valence-corrected chi connectivity index (χ3v) is 8.38. The highest BCUT2D eigenvalue weighted by Crippen LogP contribution is 2.54. The van der Waals surface area contributed by atoms with Crippen LogP contribution in [0.1, 0.15) is 27.9 Å². The predicted octanol–water partition coefficient (Wildman–Crippen LogP) is 4.42. The topological polar surface area (TPSA) is 89.4 Å². The maximum absolute atomic E-state index is 13.9. The summed E-state index contributed by atoms with van der Waals surface area (Å²) in [6, 6.07) is 17.1. The third-order valence-electron chi connectivity index (χ3n) is 5.09. The molecule has 2 aromatic rings. The molecular formula is C21H21N5O2S2. The van der Waals surface area contributed by atoms with Crippen LogP contribution in [0.2, 0.25) is 0 Å². The van der Waals surface area contributed by atoms with Gasteiger partial charge in [0.05, 0.1) is 0 Å². The van der Waals surface area contributed by atoms with Gasteiger partial charge in [0, 0.05) is 35.7 Å². The summed E-state index contributed by atoms with van der Waals surface area (Å²) < 4.78 is -0.823. The van der Waals surface area contributed by atoms with Gasteiger partial charge in [-0.3, -0.25) is 9.59 Å². The molecule has 0 saturated carbocycles. The van der Waals surface area contributed by atoms with Gasteiger partial charge in [-0.15, -0.1) is 23.5 Å². The number of hydrogen-bond donors (Lipinski definition) is 0. The molecule has 2 aliphatic rings. The second-order valence-corrected chi connectivity index (χ2v) is 9.84. The van der Waals surface area contributed by atoms with E-state index in [2.05, 4.69) is 10.0 Å². The van der Waals surface area contributed by atoms with Crippen molar-refractivity contribution in [2.45, 2.75) is 17.0 Å². The molecule has 4 rings (SSSR count). The molecule has 7 nitrogen and oxygen atoms in total. The minimum atomic E-state index is -0.823. The Labute approximate surface area is 183 Å². The van der Waals surface area contributed by atoms with Crippen molar-refractivity contribution in [1.29, 1.82) is 0 Å². The molecule has 154 valence electrons. The first kappa shape index (κ1) is 20.8. The lowest BCUT2D eigenvalue weighted by atomic mass is 9.98. The maximum Gasteiger partial charge on any atom is 0.275 e. The van der Waals surface area contributed by atoms with Gasteiger partial charge in [-0.1, -0.05) is 53.6 Å². The molecule has 1 fully saturated rings. The molecule has 0 unspecified atom stereocenters. The van der Waals surface area contributed by atoms with Crippen LogP contribution >= 0.6 is 23.5 Å². The molecule has 0 aromatic heterocycles. The van der Waals surface area contributed by atoms with Crippen LogP contribution in [0.25, 0.3) is 10.4 Å². The highest BCUT2D eigenvalue weighted by Gasteiger charge is 2.54. The van der Waals surface area contributed by atoms with Gasteiger partial charge in [0.2, 0.25) is 0 Å². The van der Waals surface area contributed by atoms with E-state index < -0.39 is 4.08 Å². The van der Waals surface area contributed by atoms with E-state index >= 15 is 0 Å². The minimum absolute atomic E-state index is 0.162. The van der Waals surface area contributed by atoms with Crippen LogP contribution < -0.4 is 0 Å². The Hall–Kier alpha value is -2.45. The number of hydrazine groups is 1. The van der Waals surface area contributed by atoms with Crippen LogP contribution in [0.15, 0.2) is 59.7 Å². The molecule has 2 aromatic carbocycles. The van der Waals surface area contributed by atoms with Crippen LogP contribution in [0.3, 0.4) is 0 Å². The Balaban J connectivity index is 1.76. The van der Waals surface area contributed by atoms with Crippen molar-refractivity contribution in [1.82, 2.24) is 10.0 Å². The van der Waals surface area contributed by atoms with Gasteiger partial charge >= 0.3 is 0 Å². The van der Waals surface area contributed by atoms with E-state index in [1.54, 1.807) is 34.6 Å². The van der Waals surface area contributed by atoms with Crippen molar-refractivity contribution in [3.8, 4) is 0 Å². The lowest BCUT2D eigenvalue weighted by Crippen LogP contribution is -2.59. The van der Waals surface area contributed by atoms with Gasteiger partial charge in [-0.25, -0.2) is 10.0 Å². The van der Waals surface area contributed by atoms with Crippen LogP contribution in [0, 0.1) is 0 Å². The van der Waals surface area contributed by atoms with Gasteiger partial charge in [0.15, 0.2) is 4.08 Å². The van der Waals surface area contributed by atoms with Crippen LogP contribution in [0.5, 0.6) is 0 Å². The van der Waals surface area contributed by atoms with E-state index in [0.717, 1.165) is 29.1 Å². The first-order valence-electron chi connectivity index (χ1n) is 9.73. The predicted molar refractivity (Wildman–Crippen MR) is 120 cm³/mol. The summed E-state index contributed by atoms with van der Waals surface area (Å²) in [6.45, 7) is 0.798. The van der Waals surface area contributed by atoms with Gasteiger partial charge in [-0.05, 0) is 35.1 Å². The molecule has 2 aliphatic heterocycles. The van der Waals surface area contributed by atoms with Crippen molar-refractivity contribution < 1.29 is 9.59 Å². The number of azide groups is 1. The largest absolute Gasteiger partial charge is 0.275 e. The summed E-state index contributed by atoms with van der Waals surface area (Å²) in [7, 11) is 0. The second kappa shape index (κ2) is 9.14. The highest BCUT2D eigenvalue weighted by molar-refractivity contribution is 8.19. The normalized spacial score (nSPS) is 17.7. The van der Waals surface area contributed by atoms with Crippen molar-refractivity contribution in [2.24, 2.45) is 5.11 Å². The fourth-order valence-electron chi connectivity index (χ4n) is 3.73. The van der Waals surface area contributed by atoms with Crippen molar-refractivity contribution in [3.05, 3.63) is 81.7 Å². The molecule has 0 N–H and O–H groups in total. The number of imide groups is 1. The lowest BCUT2D eigenvalue weighted by molar-refractivity contribution is -0.144. The van der Waals surface area contributed by atoms with Crippen LogP contribution in [-0.4, -0.2) is 46.4 Å². The van der Waals surface area contributed by atoms with E-state index in [1.807, 2.05) is 48.5 Å². The zero-order valence-corrected chi connectivity index (χ0v) is 17.9. The quantitative estimate of drug-likeness (QED) is 0.288. The summed E-state index contributed by atoms with van der Waals surface area (Å²) in [5, 5.41) is 6.62. The Morgan fingerprint density at radius 3 is 2.50 bits per heavy atom. The number of fused-ring (bicyclic) bond motifs is 2. The summed E-state index contributed by atoms with van der Waals surface area (Å²) in [6.07, 6.45) is 1.03. The third kappa shape index (κ3) is 3.81. The van der Waals surface area contributed by atoms with Gasteiger partial charge in [0.1, 0.15) is 0 Å². The zero-order valence-electron chi connectivity index (χ0n) is 16.3. The Morgan fingerprint density at radius 2 is 1.77 bits per heavy atom. The molecule has 2 amide bonds. The zero-order chi connectivity index (χ0) is 21.0. The number of hydrogen-bond acceptors (Lipinski definition) is 6. The number of thioether (sulfide) groups is 2. The molecule has 0 bridgehead atoms. The average Bonchev–Trinajstić information content (AvgIpc) is 2.79. The Bertz CT molecular complexity index is 988. The molecule has 0 atom stereocenters. The lowest BCUT2D eigenvalue weighted by Gasteiger charge is -2.45. The number of carbonyl (C=O) groups excluding carboxylic acids is 2. The van der Waals surface area contributed by atoms with E-state index in [4.69, 9.17) is 5.53 Å². The van der Waals surface area contributed by atoms with Gasteiger partial charge in [-0.2, -0.15) is 0 Å². The summed E-state index contributed by atoms with van der Waals surface area (Å²) in [4.78, 5) is 30.1. The number of nitrogens with zero attached hydrogens (tertiary/aromatic N) is 5. The summed E-state index contributed by atoms with van der Waals surface area (Å²) in [5.74, 6) is 1.18. The van der Waals surface area contributed by atoms with Crippen LogP contribution in [-0.2, 0) is 15.4 Å². The molecule has 0 radical (unpaired) electrons. The molecule has 1 spiro atoms. The minimum Gasteiger partial charge on any atom is -0.270 e. The standard InChI is InChI=1S/C21H21N5O2S2/c22-24-23-11-12-25(15-16-7-2-1-3-8-16)26-19(27)17-9-4-5-10-18(17)21(20(26)28)29-13-6-14-30-21/h1-5,7-10H,6,11-15H2. The number of rotatable bonds is 6. The fourth-order valence-corrected chi connectivity index (χ4v) is 6.99. The first-order chi connectivity index (χ1) is 14.7. The van der Waals surface area contributed by atoms with Crippen molar-refractivity contribution in [3.63, 3.8) is 0 Å². The molecule has 0 aliphatic carbocycles. The summed E-state index contributed by atoms with van der Waals surface area (Å²) >= 11 is 3.21. The van der Waals surface area contributed by atoms with Crippen molar-refractivity contribution in [2.75, 3.05) is 24.6 Å². The average molecular weight is 440 g/mol. The van der Waals surface area contributed by atoms with E-state index in [-0.39, 0.29) is 24.9 Å². The molecule has 1 saturated heterocycles. The Morgan fingerprint density at radius 1 is 1.07 bits per heavy atom. The summed E-state index contributed by atoms with van der Waals surface area (Å²) in [5.41, 5.74) is 11.0. The SMILES string of the molecule is [N-]=[N+]=NCCN(Cc1ccccc1)N1C(=O)c2ccccc2C2(SCCCS2)C1=O. The molecule has 30 heavy (non-hydrogen) atoms. The molecular weight excluding hydrogens is 418 g/mol. The fraction of sp³-hybridized carbons (Fsp3) is 0.333. The van der Waals surface area contributed by atoms with E-state index in [1.165, 1.54) is 5.01 Å². The first-order valence-corrected chi connectivity index (χ1v) is 11.7. The van der Waals surface area contributed by atoms with E-state index in [0.29, 0.717) is 12.1 Å². The number of amides is 2. The van der Waals surface area contributed by atoms with E-state index in [9.17, 15) is 9.59 Å². The number of benzene rings is 2.